The first-order valence-electron chi connectivity index (χ1n) is 5.42. The van der Waals surface area contributed by atoms with Gasteiger partial charge in [-0.05, 0) is 5.21 Å². The summed E-state index contributed by atoms with van der Waals surface area (Å²) in [6, 6.07) is 9.67. The van der Waals surface area contributed by atoms with E-state index in [-0.39, 0.29) is 6.61 Å². The summed E-state index contributed by atoms with van der Waals surface area (Å²) in [5, 5.41) is 20.7. The summed E-state index contributed by atoms with van der Waals surface area (Å²) in [7, 11) is 0. The van der Waals surface area contributed by atoms with E-state index in [9.17, 15) is 0 Å². The summed E-state index contributed by atoms with van der Waals surface area (Å²) in [5.74, 6) is 0.604. The molecule has 0 aliphatic carbocycles. The van der Waals surface area contributed by atoms with Gasteiger partial charge in [-0.3, -0.25) is 0 Å². The summed E-state index contributed by atoms with van der Waals surface area (Å²) >= 11 is 0. The number of benzene rings is 1. The van der Waals surface area contributed by atoms with Crippen LogP contribution in [0, 0.1) is 0 Å². The smallest absolute Gasteiger partial charge is 0.204 e. The summed E-state index contributed by atoms with van der Waals surface area (Å²) in [4.78, 5) is 1.49. The topological polar surface area (TPSA) is 73.1 Å². The van der Waals surface area contributed by atoms with Crippen LogP contribution in [0.3, 0.4) is 0 Å². The van der Waals surface area contributed by atoms with Gasteiger partial charge >= 0.3 is 0 Å². The van der Waals surface area contributed by atoms with Crippen molar-refractivity contribution >= 4 is 0 Å². The number of tetrazole rings is 1. The molecule has 0 saturated heterocycles. The molecular weight excluding hydrogens is 220 g/mol. The molecule has 2 aromatic rings. The Morgan fingerprint density at radius 1 is 1.18 bits per heavy atom. The van der Waals surface area contributed by atoms with Crippen molar-refractivity contribution in [3.05, 3.63) is 30.3 Å². The zero-order valence-electron chi connectivity index (χ0n) is 9.36. The summed E-state index contributed by atoms with van der Waals surface area (Å²) in [5.41, 5.74) is 0.940. The molecular formula is C11H14N4O2. The van der Waals surface area contributed by atoms with Gasteiger partial charge in [-0.1, -0.05) is 30.3 Å². The first-order chi connectivity index (χ1) is 8.40. The molecule has 6 nitrogen and oxygen atoms in total. The molecule has 90 valence electrons. The highest BCUT2D eigenvalue weighted by atomic mass is 16.5. The molecule has 0 unspecified atom stereocenters. The Bertz CT molecular complexity index is 444. The second-order valence-corrected chi connectivity index (χ2v) is 3.41. The molecule has 0 spiro atoms. The van der Waals surface area contributed by atoms with Gasteiger partial charge in [0, 0.05) is 5.56 Å². The molecule has 0 atom stereocenters. The van der Waals surface area contributed by atoms with Crippen molar-refractivity contribution in [3.8, 4) is 11.4 Å². The minimum Gasteiger partial charge on any atom is -0.394 e. The Balaban J connectivity index is 1.92. The van der Waals surface area contributed by atoms with Gasteiger partial charge in [0.15, 0.2) is 0 Å². The fraction of sp³-hybridized carbons (Fsp3) is 0.364. The van der Waals surface area contributed by atoms with Crippen LogP contribution < -0.4 is 0 Å². The number of rotatable bonds is 6. The molecule has 0 amide bonds. The van der Waals surface area contributed by atoms with Gasteiger partial charge in [0.2, 0.25) is 5.82 Å². The predicted molar refractivity (Wildman–Crippen MR) is 61.2 cm³/mol. The molecule has 1 heterocycles. The molecule has 0 aliphatic rings. The van der Waals surface area contributed by atoms with Crippen LogP contribution in [0.25, 0.3) is 11.4 Å². The lowest BCUT2D eigenvalue weighted by atomic mass is 10.2. The van der Waals surface area contributed by atoms with Gasteiger partial charge in [0.1, 0.15) is 0 Å². The highest BCUT2D eigenvalue weighted by molar-refractivity contribution is 5.52. The Labute approximate surface area is 98.8 Å². The Hall–Kier alpha value is -1.79. The average molecular weight is 234 g/mol. The normalized spacial score (nSPS) is 10.6. The third-order valence-electron chi connectivity index (χ3n) is 2.16. The average Bonchev–Trinajstić information content (AvgIpc) is 2.85. The van der Waals surface area contributed by atoms with E-state index in [1.54, 1.807) is 0 Å². The van der Waals surface area contributed by atoms with Crippen LogP contribution in [0.5, 0.6) is 0 Å². The fourth-order valence-corrected chi connectivity index (χ4v) is 1.35. The number of ether oxygens (including phenoxy) is 1. The van der Waals surface area contributed by atoms with Gasteiger partial charge in [0.25, 0.3) is 0 Å². The minimum atomic E-state index is 0.0278. The molecule has 1 N–H and O–H groups in total. The number of hydrogen-bond donors (Lipinski definition) is 1. The van der Waals surface area contributed by atoms with Crippen molar-refractivity contribution in [2.75, 3.05) is 19.8 Å². The van der Waals surface area contributed by atoms with Crippen molar-refractivity contribution in [3.63, 3.8) is 0 Å². The van der Waals surface area contributed by atoms with Crippen molar-refractivity contribution in [1.29, 1.82) is 0 Å². The van der Waals surface area contributed by atoms with Crippen LogP contribution in [0.4, 0.5) is 0 Å². The molecule has 0 fully saturated rings. The van der Waals surface area contributed by atoms with Crippen LogP contribution in [-0.2, 0) is 11.3 Å². The van der Waals surface area contributed by atoms with Crippen LogP contribution in [0.15, 0.2) is 30.3 Å². The number of aliphatic hydroxyl groups is 1. The molecule has 1 aromatic carbocycles. The van der Waals surface area contributed by atoms with E-state index >= 15 is 0 Å². The molecule has 6 heteroatoms. The Morgan fingerprint density at radius 2 is 2.00 bits per heavy atom. The van der Waals surface area contributed by atoms with Crippen LogP contribution in [0.1, 0.15) is 0 Å². The third kappa shape index (κ3) is 3.33. The maximum Gasteiger partial charge on any atom is 0.204 e. The maximum atomic E-state index is 8.54. The lowest BCUT2D eigenvalue weighted by Gasteiger charge is -1.99. The second kappa shape index (κ2) is 6.07. The van der Waals surface area contributed by atoms with E-state index in [0.717, 1.165) is 5.56 Å². The zero-order chi connectivity index (χ0) is 11.9. The van der Waals surface area contributed by atoms with Gasteiger partial charge in [-0.15, -0.1) is 10.2 Å². The van der Waals surface area contributed by atoms with E-state index in [0.29, 0.717) is 25.6 Å². The van der Waals surface area contributed by atoms with E-state index in [2.05, 4.69) is 15.4 Å². The van der Waals surface area contributed by atoms with Crippen molar-refractivity contribution < 1.29 is 9.84 Å². The second-order valence-electron chi connectivity index (χ2n) is 3.41. The van der Waals surface area contributed by atoms with Crippen LogP contribution >= 0.6 is 0 Å². The van der Waals surface area contributed by atoms with Crippen molar-refractivity contribution in [1.82, 2.24) is 20.2 Å². The van der Waals surface area contributed by atoms with E-state index < -0.39 is 0 Å². The molecule has 1 aromatic heterocycles. The molecule has 2 rings (SSSR count). The first kappa shape index (κ1) is 11.7. The van der Waals surface area contributed by atoms with Gasteiger partial charge < -0.3 is 9.84 Å². The fourth-order valence-electron chi connectivity index (χ4n) is 1.35. The predicted octanol–water partition coefficient (Wildman–Crippen LogP) is 0.349. The lowest BCUT2D eigenvalue weighted by molar-refractivity contribution is 0.0831. The zero-order valence-corrected chi connectivity index (χ0v) is 9.36. The number of aromatic nitrogens is 4. The van der Waals surface area contributed by atoms with Crippen LogP contribution in [-0.4, -0.2) is 45.1 Å². The molecule has 0 aliphatic heterocycles. The first-order valence-corrected chi connectivity index (χ1v) is 5.42. The standard InChI is InChI=1S/C11H14N4O2/c16-7-9-17-8-6-15-13-11(12-14-15)10-4-2-1-3-5-10/h1-5,16H,6-9H2. The van der Waals surface area contributed by atoms with Crippen molar-refractivity contribution in [2.45, 2.75) is 6.54 Å². The quantitative estimate of drug-likeness (QED) is 0.730. The monoisotopic (exact) mass is 234 g/mol. The highest BCUT2D eigenvalue weighted by Gasteiger charge is 2.04. The van der Waals surface area contributed by atoms with Gasteiger partial charge in [-0.25, -0.2) is 0 Å². The summed E-state index contributed by atoms with van der Waals surface area (Å²) in [6.45, 7) is 1.35. The Kier molecular flexibility index (Phi) is 4.17. The van der Waals surface area contributed by atoms with E-state index in [1.807, 2.05) is 30.3 Å². The SMILES string of the molecule is OCCOCCn1nnc(-c2ccccc2)n1. The molecule has 17 heavy (non-hydrogen) atoms. The third-order valence-corrected chi connectivity index (χ3v) is 2.16. The summed E-state index contributed by atoms with van der Waals surface area (Å²) < 4.78 is 5.12. The maximum absolute atomic E-state index is 8.54. The number of aliphatic hydroxyl groups excluding tert-OH is 1. The Morgan fingerprint density at radius 3 is 2.76 bits per heavy atom. The van der Waals surface area contributed by atoms with Gasteiger partial charge in [0.05, 0.1) is 26.4 Å². The van der Waals surface area contributed by atoms with E-state index in [1.165, 1.54) is 4.80 Å². The number of hydrogen-bond acceptors (Lipinski definition) is 5. The lowest BCUT2D eigenvalue weighted by Crippen LogP contribution is -2.10. The largest absolute Gasteiger partial charge is 0.394 e. The minimum absolute atomic E-state index is 0.0278. The van der Waals surface area contributed by atoms with E-state index in [4.69, 9.17) is 9.84 Å². The highest BCUT2D eigenvalue weighted by Crippen LogP contribution is 2.11. The van der Waals surface area contributed by atoms with Crippen LogP contribution in [0.2, 0.25) is 0 Å². The molecule has 0 radical (unpaired) electrons. The van der Waals surface area contributed by atoms with Gasteiger partial charge in [-0.2, -0.15) is 4.80 Å². The number of nitrogens with zero attached hydrogens (tertiary/aromatic N) is 4. The molecule has 0 saturated carbocycles. The summed E-state index contributed by atoms with van der Waals surface area (Å²) in [6.07, 6.45) is 0. The van der Waals surface area contributed by atoms with Crippen molar-refractivity contribution in [2.24, 2.45) is 0 Å². The molecule has 0 bridgehead atoms.